The van der Waals surface area contributed by atoms with E-state index in [1.165, 1.54) is 0 Å². The lowest BCUT2D eigenvalue weighted by molar-refractivity contribution is -0.155. The molecular formula is C12H18O6. The Hall–Kier alpha value is -1.59. The fourth-order valence-electron chi connectivity index (χ4n) is 2.88. The van der Waals surface area contributed by atoms with Crippen LogP contribution in [0.15, 0.2) is 0 Å². The summed E-state index contributed by atoms with van der Waals surface area (Å²) < 4.78 is 0. The summed E-state index contributed by atoms with van der Waals surface area (Å²) in [6.07, 6.45) is 1.38. The van der Waals surface area contributed by atoms with E-state index in [-0.39, 0.29) is 12.8 Å². The van der Waals surface area contributed by atoms with Crippen LogP contribution < -0.4 is 0 Å². The Kier molecular flexibility index (Phi) is 4.32. The summed E-state index contributed by atoms with van der Waals surface area (Å²) in [5.74, 6) is -4.55. The number of carboxylic acid groups (broad SMARTS) is 3. The minimum Gasteiger partial charge on any atom is -0.481 e. The lowest BCUT2D eigenvalue weighted by atomic mass is 9.71. The Labute approximate surface area is 105 Å². The highest BCUT2D eigenvalue weighted by Crippen LogP contribution is 2.48. The lowest BCUT2D eigenvalue weighted by Gasteiger charge is -2.31. The monoisotopic (exact) mass is 258 g/mol. The number of aliphatic carboxylic acids is 3. The van der Waals surface area contributed by atoms with Crippen molar-refractivity contribution < 1.29 is 29.7 Å². The van der Waals surface area contributed by atoms with Gasteiger partial charge in [-0.15, -0.1) is 0 Å². The molecule has 102 valence electrons. The van der Waals surface area contributed by atoms with Crippen molar-refractivity contribution in [2.75, 3.05) is 0 Å². The fraction of sp³-hybridized carbons (Fsp3) is 0.750. The van der Waals surface area contributed by atoms with Gasteiger partial charge in [-0.05, 0) is 32.1 Å². The lowest BCUT2D eigenvalue weighted by Crippen LogP contribution is -2.38. The van der Waals surface area contributed by atoms with Gasteiger partial charge < -0.3 is 15.3 Å². The predicted molar refractivity (Wildman–Crippen MR) is 61.1 cm³/mol. The summed E-state index contributed by atoms with van der Waals surface area (Å²) in [5.41, 5.74) is -1.05. The van der Waals surface area contributed by atoms with Crippen LogP contribution in [0.25, 0.3) is 0 Å². The maximum absolute atomic E-state index is 11.3. The summed E-state index contributed by atoms with van der Waals surface area (Å²) in [6.45, 7) is 1.56. The number of carbonyl (C=O) groups is 3. The van der Waals surface area contributed by atoms with Gasteiger partial charge >= 0.3 is 17.9 Å². The van der Waals surface area contributed by atoms with Crippen molar-refractivity contribution in [1.29, 1.82) is 0 Å². The van der Waals surface area contributed by atoms with Crippen LogP contribution in [-0.2, 0) is 14.4 Å². The first-order valence-corrected chi connectivity index (χ1v) is 5.97. The van der Waals surface area contributed by atoms with Gasteiger partial charge in [0.25, 0.3) is 0 Å². The summed E-state index contributed by atoms with van der Waals surface area (Å²) in [4.78, 5) is 33.0. The molecule has 6 heteroatoms. The molecular weight excluding hydrogens is 240 g/mol. The average molecular weight is 258 g/mol. The zero-order chi connectivity index (χ0) is 13.9. The topological polar surface area (TPSA) is 112 Å². The van der Waals surface area contributed by atoms with Crippen LogP contribution in [0.4, 0.5) is 0 Å². The van der Waals surface area contributed by atoms with Crippen LogP contribution in [0.5, 0.6) is 0 Å². The number of hydrogen-bond donors (Lipinski definition) is 3. The molecule has 0 heterocycles. The molecule has 0 spiro atoms. The normalized spacial score (nSPS) is 28.8. The number of hydrogen-bond acceptors (Lipinski definition) is 3. The van der Waals surface area contributed by atoms with Gasteiger partial charge in [-0.2, -0.15) is 0 Å². The molecule has 0 bridgehead atoms. The Balaban J connectivity index is 2.88. The quantitative estimate of drug-likeness (QED) is 0.664. The van der Waals surface area contributed by atoms with Gasteiger partial charge in [0.15, 0.2) is 0 Å². The van der Waals surface area contributed by atoms with Gasteiger partial charge in [0.2, 0.25) is 0 Å². The maximum Gasteiger partial charge on any atom is 0.309 e. The van der Waals surface area contributed by atoms with Gasteiger partial charge in [0.1, 0.15) is 0 Å². The van der Waals surface area contributed by atoms with Crippen LogP contribution in [0.3, 0.4) is 0 Å². The van der Waals surface area contributed by atoms with E-state index in [1.54, 1.807) is 6.92 Å². The van der Waals surface area contributed by atoms with Crippen LogP contribution in [0.1, 0.15) is 39.0 Å². The van der Waals surface area contributed by atoms with Gasteiger partial charge in [-0.3, -0.25) is 14.4 Å². The third-order valence-electron chi connectivity index (χ3n) is 3.99. The van der Waals surface area contributed by atoms with E-state index in [0.29, 0.717) is 19.3 Å². The first kappa shape index (κ1) is 14.5. The Morgan fingerprint density at radius 1 is 1.28 bits per heavy atom. The second kappa shape index (κ2) is 5.37. The molecule has 0 radical (unpaired) electrons. The van der Waals surface area contributed by atoms with Crippen molar-refractivity contribution in [3.05, 3.63) is 0 Å². The molecule has 0 aromatic carbocycles. The smallest absolute Gasteiger partial charge is 0.309 e. The largest absolute Gasteiger partial charge is 0.481 e. The third kappa shape index (κ3) is 2.80. The molecule has 0 aromatic heterocycles. The van der Waals surface area contributed by atoms with Crippen LogP contribution >= 0.6 is 0 Å². The van der Waals surface area contributed by atoms with Crippen molar-refractivity contribution >= 4 is 17.9 Å². The Morgan fingerprint density at radius 3 is 2.33 bits per heavy atom. The van der Waals surface area contributed by atoms with E-state index in [1.807, 2.05) is 0 Å². The third-order valence-corrected chi connectivity index (χ3v) is 3.99. The summed E-state index contributed by atoms with van der Waals surface area (Å²) in [7, 11) is 0. The number of carboxylic acids is 3. The molecule has 3 N–H and O–H groups in total. The predicted octanol–water partition coefficient (Wildman–Crippen LogP) is 1.44. The summed E-state index contributed by atoms with van der Waals surface area (Å²) in [5, 5.41) is 27.0. The molecule has 0 aliphatic heterocycles. The van der Waals surface area contributed by atoms with Crippen molar-refractivity contribution in [1.82, 2.24) is 0 Å². The number of rotatable bonds is 6. The summed E-state index contributed by atoms with van der Waals surface area (Å²) in [6, 6.07) is 0. The van der Waals surface area contributed by atoms with Gasteiger partial charge in [0, 0.05) is 6.42 Å². The Morgan fingerprint density at radius 2 is 1.89 bits per heavy atom. The summed E-state index contributed by atoms with van der Waals surface area (Å²) >= 11 is 0. The van der Waals surface area contributed by atoms with Crippen molar-refractivity contribution in [3.63, 3.8) is 0 Å². The van der Waals surface area contributed by atoms with Crippen LogP contribution in [-0.4, -0.2) is 33.2 Å². The van der Waals surface area contributed by atoms with E-state index in [2.05, 4.69) is 0 Å². The molecule has 0 amide bonds. The highest BCUT2D eigenvalue weighted by atomic mass is 16.4. The highest BCUT2D eigenvalue weighted by Gasteiger charge is 2.50. The van der Waals surface area contributed by atoms with Crippen LogP contribution in [0.2, 0.25) is 0 Å². The van der Waals surface area contributed by atoms with E-state index < -0.39 is 35.2 Å². The van der Waals surface area contributed by atoms with Crippen LogP contribution in [0, 0.1) is 17.3 Å². The average Bonchev–Trinajstić information content (AvgIpc) is 2.62. The van der Waals surface area contributed by atoms with E-state index in [9.17, 15) is 24.6 Å². The van der Waals surface area contributed by atoms with Crippen molar-refractivity contribution in [2.24, 2.45) is 17.3 Å². The zero-order valence-electron chi connectivity index (χ0n) is 10.3. The molecule has 3 atom stereocenters. The van der Waals surface area contributed by atoms with E-state index in [4.69, 9.17) is 5.11 Å². The molecule has 18 heavy (non-hydrogen) atoms. The maximum atomic E-state index is 11.3. The van der Waals surface area contributed by atoms with E-state index in [0.717, 1.165) is 0 Å². The minimum absolute atomic E-state index is 0.0157. The van der Waals surface area contributed by atoms with Gasteiger partial charge in [0.05, 0.1) is 11.3 Å². The zero-order valence-corrected chi connectivity index (χ0v) is 10.3. The second-order valence-corrected chi connectivity index (χ2v) is 5.10. The molecule has 0 aromatic rings. The van der Waals surface area contributed by atoms with Crippen molar-refractivity contribution in [2.45, 2.75) is 39.0 Å². The second-order valence-electron chi connectivity index (χ2n) is 5.10. The molecule has 1 aliphatic rings. The molecule has 1 saturated carbocycles. The standard InChI is InChI=1S/C12H18O6/c1-12(11(17)18)6-2-3-8(12)7(10(15)16)4-5-9(13)14/h7-8H,2-6H2,1H3,(H,13,14)(H,15,16)(H,17,18)/t7-,8+,12+/m1/s1. The molecule has 1 aliphatic carbocycles. The Bertz CT molecular complexity index is 364. The van der Waals surface area contributed by atoms with Gasteiger partial charge in [-0.25, -0.2) is 0 Å². The molecule has 6 nitrogen and oxygen atoms in total. The minimum atomic E-state index is -1.10. The molecule has 1 rings (SSSR count). The molecule has 0 saturated heterocycles. The van der Waals surface area contributed by atoms with Crippen molar-refractivity contribution in [3.8, 4) is 0 Å². The molecule has 0 unspecified atom stereocenters. The fourth-order valence-corrected chi connectivity index (χ4v) is 2.88. The first-order chi connectivity index (χ1) is 8.29. The van der Waals surface area contributed by atoms with Gasteiger partial charge in [-0.1, -0.05) is 6.42 Å². The first-order valence-electron chi connectivity index (χ1n) is 5.97. The molecule has 1 fully saturated rings. The highest BCUT2D eigenvalue weighted by molar-refractivity contribution is 5.78. The SMILES string of the molecule is C[C@]1(C(=O)O)CCC[C@H]1[C@@H](CCC(=O)O)C(=O)O. The van der Waals surface area contributed by atoms with E-state index >= 15 is 0 Å².